The number of hydrogen-bond acceptors (Lipinski definition) is 3. The third-order valence-electron chi connectivity index (χ3n) is 3.67. The molecule has 0 bridgehead atoms. The van der Waals surface area contributed by atoms with Gasteiger partial charge in [-0.05, 0) is 30.4 Å². The molecule has 1 aliphatic heterocycles. The Morgan fingerprint density at radius 2 is 2.05 bits per heavy atom. The van der Waals surface area contributed by atoms with Gasteiger partial charge in [0.1, 0.15) is 5.75 Å². The van der Waals surface area contributed by atoms with Crippen molar-refractivity contribution in [2.45, 2.75) is 20.3 Å². The Balaban J connectivity index is 1.88. The smallest absolute Gasteiger partial charge is 0.238 e. The molecule has 2 atom stereocenters. The van der Waals surface area contributed by atoms with Crippen LogP contribution in [0.4, 0.5) is 5.69 Å². The van der Waals surface area contributed by atoms with Crippen LogP contribution < -0.4 is 10.1 Å². The SMILES string of the molecule is COc1cccc(NC(=O)CN2C[C@H](C)C[C@@H](C)C2)c1. The summed E-state index contributed by atoms with van der Waals surface area (Å²) in [6, 6.07) is 7.45. The first-order valence-electron chi connectivity index (χ1n) is 7.23. The average Bonchev–Trinajstić information content (AvgIpc) is 2.37. The third kappa shape index (κ3) is 4.23. The molecule has 0 saturated carbocycles. The van der Waals surface area contributed by atoms with Crippen LogP contribution in [0, 0.1) is 11.8 Å². The monoisotopic (exact) mass is 276 g/mol. The van der Waals surface area contributed by atoms with Crippen LogP contribution in [0.1, 0.15) is 20.3 Å². The summed E-state index contributed by atoms with van der Waals surface area (Å²) < 4.78 is 5.15. The number of nitrogens with one attached hydrogen (secondary N) is 1. The summed E-state index contributed by atoms with van der Waals surface area (Å²) in [5.74, 6) is 2.13. The largest absolute Gasteiger partial charge is 0.497 e. The van der Waals surface area contributed by atoms with Crippen LogP contribution in [0.25, 0.3) is 0 Å². The van der Waals surface area contributed by atoms with Crippen LogP contribution in [0.3, 0.4) is 0 Å². The zero-order valence-electron chi connectivity index (χ0n) is 12.6. The molecule has 1 N–H and O–H groups in total. The first-order valence-corrected chi connectivity index (χ1v) is 7.23. The topological polar surface area (TPSA) is 41.6 Å². The van der Waals surface area contributed by atoms with Gasteiger partial charge in [-0.15, -0.1) is 0 Å². The second-order valence-corrected chi connectivity index (χ2v) is 5.92. The number of rotatable bonds is 4. The maximum atomic E-state index is 12.1. The molecular weight excluding hydrogens is 252 g/mol. The van der Waals surface area contributed by atoms with Gasteiger partial charge in [-0.2, -0.15) is 0 Å². The lowest BCUT2D eigenvalue weighted by molar-refractivity contribution is -0.117. The molecule has 110 valence electrons. The molecule has 1 amide bonds. The van der Waals surface area contributed by atoms with Crippen LogP contribution in [0.15, 0.2) is 24.3 Å². The van der Waals surface area contributed by atoms with Crippen molar-refractivity contribution in [3.05, 3.63) is 24.3 Å². The zero-order valence-corrected chi connectivity index (χ0v) is 12.6. The minimum Gasteiger partial charge on any atom is -0.497 e. The summed E-state index contributed by atoms with van der Waals surface area (Å²) in [7, 11) is 1.62. The van der Waals surface area contributed by atoms with Gasteiger partial charge < -0.3 is 10.1 Å². The van der Waals surface area contributed by atoms with Gasteiger partial charge in [-0.1, -0.05) is 19.9 Å². The van der Waals surface area contributed by atoms with E-state index >= 15 is 0 Å². The Bertz CT molecular complexity index is 452. The Hall–Kier alpha value is -1.55. The minimum absolute atomic E-state index is 0.0413. The second kappa shape index (κ2) is 6.75. The second-order valence-electron chi connectivity index (χ2n) is 5.92. The molecule has 1 fully saturated rings. The molecule has 4 heteroatoms. The maximum Gasteiger partial charge on any atom is 0.238 e. The number of methoxy groups -OCH3 is 1. The third-order valence-corrected chi connectivity index (χ3v) is 3.67. The van der Waals surface area contributed by atoms with Crippen LogP contribution >= 0.6 is 0 Å². The first kappa shape index (κ1) is 14.9. The number of carbonyl (C=O) groups excluding carboxylic acids is 1. The number of nitrogens with zero attached hydrogens (tertiary/aromatic N) is 1. The minimum atomic E-state index is 0.0413. The highest BCUT2D eigenvalue weighted by atomic mass is 16.5. The van der Waals surface area contributed by atoms with Crippen LogP contribution in [0.2, 0.25) is 0 Å². The van der Waals surface area contributed by atoms with E-state index in [1.54, 1.807) is 7.11 Å². The standard InChI is InChI=1S/C16H24N2O2/c1-12-7-13(2)10-18(9-12)11-16(19)17-14-5-4-6-15(8-14)20-3/h4-6,8,12-13H,7,9-11H2,1-3H3,(H,17,19)/t12-,13-/m1/s1. The van der Waals surface area contributed by atoms with Crippen LogP contribution in [-0.4, -0.2) is 37.6 Å². The Morgan fingerprint density at radius 1 is 1.35 bits per heavy atom. The molecular formula is C16H24N2O2. The number of piperidine rings is 1. The first-order chi connectivity index (χ1) is 9.56. The fourth-order valence-corrected chi connectivity index (χ4v) is 3.03. The van der Waals surface area contributed by atoms with E-state index in [4.69, 9.17) is 4.74 Å². The van der Waals surface area contributed by atoms with Crippen molar-refractivity contribution >= 4 is 11.6 Å². The summed E-state index contributed by atoms with van der Waals surface area (Å²) in [5, 5.41) is 2.93. The molecule has 4 nitrogen and oxygen atoms in total. The van der Waals surface area contributed by atoms with E-state index < -0.39 is 0 Å². The summed E-state index contributed by atoms with van der Waals surface area (Å²) in [5.41, 5.74) is 0.785. The fourth-order valence-electron chi connectivity index (χ4n) is 3.03. The molecule has 1 aromatic carbocycles. The van der Waals surface area contributed by atoms with E-state index in [0.29, 0.717) is 18.4 Å². The quantitative estimate of drug-likeness (QED) is 0.919. The van der Waals surface area contributed by atoms with E-state index in [1.807, 2.05) is 24.3 Å². The number of anilines is 1. The highest BCUT2D eigenvalue weighted by molar-refractivity contribution is 5.92. The van der Waals surface area contributed by atoms with Gasteiger partial charge in [0.2, 0.25) is 5.91 Å². The molecule has 1 aliphatic rings. The number of carbonyl (C=O) groups is 1. The van der Waals surface area contributed by atoms with Crippen molar-refractivity contribution in [2.24, 2.45) is 11.8 Å². The lowest BCUT2D eigenvalue weighted by Crippen LogP contribution is -2.42. The number of likely N-dealkylation sites (tertiary alicyclic amines) is 1. The molecule has 1 aromatic rings. The van der Waals surface area contributed by atoms with E-state index in [1.165, 1.54) is 6.42 Å². The van der Waals surface area contributed by atoms with Gasteiger partial charge in [-0.25, -0.2) is 0 Å². The van der Waals surface area contributed by atoms with E-state index in [9.17, 15) is 4.79 Å². The molecule has 20 heavy (non-hydrogen) atoms. The lowest BCUT2D eigenvalue weighted by Gasteiger charge is -2.34. The number of ether oxygens (including phenoxy) is 1. The highest BCUT2D eigenvalue weighted by Gasteiger charge is 2.23. The number of hydrogen-bond donors (Lipinski definition) is 1. The van der Waals surface area contributed by atoms with Crippen LogP contribution in [-0.2, 0) is 4.79 Å². The van der Waals surface area contributed by atoms with Crippen molar-refractivity contribution in [2.75, 3.05) is 32.1 Å². The van der Waals surface area contributed by atoms with Gasteiger partial charge in [0.15, 0.2) is 0 Å². The van der Waals surface area contributed by atoms with Crippen LogP contribution in [0.5, 0.6) is 5.75 Å². The Kier molecular flexibility index (Phi) is 5.01. The van der Waals surface area contributed by atoms with Crippen molar-refractivity contribution in [3.8, 4) is 5.75 Å². The van der Waals surface area contributed by atoms with E-state index in [0.717, 1.165) is 24.5 Å². The predicted octanol–water partition coefficient (Wildman–Crippen LogP) is 2.61. The predicted molar refractivity (Wildman–Crippen MR) is 81.0 cm³/mol. The molecule has 0 aliphatic carbocycles. The summed E-state index contributed by atoms with van der Waals surface area (Å²) >= 11 is 0. The molecule has 1 saturated heterocycles. The van der Waals surface area contributed by atoms with Crippen molar-refractivity contribution < 1.29 is 9.53 Å². The van der Waals surface area contributed by atoms with E-state index in [-0.39, 0.29) is 5.91 Å². The molecule has 0 spiro atoms. The molecule has 0 aromatic heterocycles. The number of amides is 1. The zero-order chi connectivity index (χ0) is 14.5. The Morgan fingerprint density at radius 3 is 2.70 bits per heavy atom. The summed E-state index contributed by atoms with van der Waals surface area (Å²) in [6.45, 7) is 6.99. The molecule has 1 heterocycles. The van der Waals surface area contributed by atoms with Crippen molar-refractivity contribution in [3.63, 3.8) is 0 Å². The highest BCUT2D eigenvalue weighted by Crippen LogP contribution is 2.21. The summed E-state index contributed by atoms with van der Waals surface area (Å²) in [6.07, 6.45) is 1.26. The Labute approximate surface area is 121 Å². The van der Waals surface area contributed by atoms with Gasteiger partial charge >= 0.3 is 0 Å². The van der Waals surface area contributed by atoms with Gasteiger partial charge in [0, 0.05) is 24.8 Å². The van der Waals surface area contributed by atoms with Gasteiger partial charge in [-0.3, -0.25) is 9.69 Å². The van der Waals surface area contributed by atoms with Gasteiger partial charge in [0.05, 0.1) is 13.7 Å². The summed E-state index contributed by atoms with van der Waals surface area (Å²) in [4.78, 5) is 14.3. The fraction of sp³-hybridized carbons (Fsp3) is 0.562. The molecule has 0 unspecified atom stereocenters. The molecule has 0 radical (unpaired) electrons. The normalized spacial score (nSPS) is 23.4. The maximum absolute atomic E-state index is 12.1. The van der Waals surface area contributed by atoms with E-state index in [2.05, 4.69) is 24.1 Å². The van der Waals surface area contributed by atoms with Crippen molar-refractivity contribution in [1.29, 1.82) is 0 Å². The lowest BCUT2D eigenvalue weighted by atomic mass is 9.92. The van der Waals surface area contributed by atoms with Crippen molar-refractivity contribution in [1.82, 2.24) is 4.90 Å². The average molecular weight is 276 g/mol. The number of benzene rings is 1. The van der Waals surface area contributed by atoms with Gasteiger partial charge in [0.25, 0.3) is 0 Å². The molecule has 2 rings (SSSR count).